The first kappa shape index (κ1) is 29.3. The van der Waals surface area contributed by atoms with Gasteiger partial charge in [0.1, 0.15) is 12.6 Å². The molecule has 1 aromatic heterocycles. The number of nitrogens with zero attached hydrogens (tertiary/aromatic N) is 2. The summed E-state index contributed by atoms with van der Waals surface area (Å²) in [7, 11) is 3.10. The average molecular weight is 609 g/mol. The average Bonchev–Trinajstić information content (AvgIpc) is 3.34. The lowest BCUT2D eigenvalue weighted by Gasteiger charge is -2.27. The number of fused-ring (bicyclic) bond motifs is 3. The summed E-state index contributed by atoms with van der Waals surface area (Å²) in [4.78, 5) is 33.3. The zero-order valence-corrected chi connectivity index (χ0v) is 25.8. The molecular formula is C35H32N2O6S. The number of methoxy groups -OCH3 is 2. The van der Waals surface area contributed by atoms with Gasteiger partial charge < -0.3 is 18.9 Å². The number of aromatic nitrogens is 1. The zero-order valence-electron chi connectivity index (χ0n) is 25.0. The maximum absolute atomic E-state index is 14.4. The van der Waals surface area contributed by atoms with Crippen LogP contribution in [0.3, 0.4) is 0 Å². The first-order valence-corrected chi connectivity index (χ1v) is 15.2. The molecule has 5 aromatic rings. The summed E-state index contributed by atoms with van der Waals surface area (Å²) in [6.07, 6.45) is 1.94. The minimum Gasteiger partial charge on any atom is -0.493 e. The van der Waals surface area contributed by atoms with Crippen LogP contribution in [0.15, 0.2) is 93.9 Å². The van der Waals surface area contributed by atoms with E-state index >= 15 is 0 Å². The van der Waals surface area contributed by atoms with Gasteiger partial charge in [0.2, 0.25) is 0 Å². The molecule has 2 heterocycles. The Morgan fingerprint density at radius 1 is 0.977 bits per heavy atom. The number of allylic oxidation sites excluding steroid dienone is 1. The normalized spacial score (nSPS) is 14.9. The number of thiazole rings is 1. The van der Waals surface area contributed by atoms with Crippen molar-refractivity contribution in [1.29, 1.82) is 0 Å². The molecule has 6 rings (SSSR count). The highest BCUT2D eigenvalue weighted by Gasteiger charge is 2.36. The largest absolute Gasteiger partial charge is 0.493 e. The second kappa shape index (κ2) is 12.5. The number of ether oxygens (including phenoxy) is 4. The van der Waals surface area contributed by atoms with Gasteiger partial charge in [-0.05, 0) is 59.2 Å². The summed E-state index contributed by atoms with van der Waals surface area (Å²) in [5.74, 6) is 0.373. The number of para-hydroxylation sites is 1. The van der Waals surface area contributed by atoms with Gasteiger partial charge >= 0.3 is 5.97 Å². The third-order valence-electron chi connectivity index (χ3n) is 7.66. The topological polar surface area (TPSA) is 88.4 Å². The van der Waals surface area contributed by atoms with Crippen molar-refractivity contribution in [2.45, 2.75) is 19.9 Å². The Morgan fingerprint density at radius 2 is 1.68 bits per heavy atom. The molecule has 0 spiro atoms. The Labute approximate surface area is 258 Å². The second-order valence-corrected chi connectivity index (χ2v) is 11.3. The molecule has 0 bridgehead atoms. The fraction of sp³-hybridized carbons (Fsp3) is 0.229. The Hall–Kier alpha value is -4.73. The third-order valence-corrected chi connectivity index (χ3v) is 8.65. The number of carbonyl (C=O) groups excluding carboxylic acids is 1. The molecule has 224 valence electrons. The van der Waals surface area contributed by atoms with Crippen molar-refractivity contribution >= 4 is 44.9 Å². The van der Waals surface area contributed by atoms with E-state index in [2.05, 4.69) is 30.3 Å². The Bertz CT molecular complexity index is 2060. The van der Waals surface area contributed by atoms with Crippen LogP contribution in [0.4, 0.5) is 0 Å². The minimum absolute atomic E-state index is 0.0633. The highest BCUT2D eigenvalue weighted by molar-refractivity contribution is 7.07. The highest BCUT2D eigenvalue weighted by atomic mass is 32.1. The van der Waals surface area contributed by atoms with Crippen LogP contribution < -0.4 is 24.4 Å². The van der Waals surface area contributed by atoms with Crippen molar-refractivity contribution in [1.82, 2.24) is 4.57 Å². The molecule has 8 nitrogen and oxygen atoms in total. The molecule has 0 amide bonds. The maximum atomic E-state index is 14.4. The number of benzene rings is 4. The fourth-order valence-corrected chi connectivity index (χ4v) is 6.74. The first-order valence-electron chi connectivity index (χ1n) is 14.4. The van der Waals surface area contributed by atoms with E-state index in [-0.39, 0.29) is 24.3 Å². The second-order valence-electron chi connectivity index (χ2n) is 10.3. The molecule has 1 aliphatic rings. The van der Waals surface area contributed by atoms with Gasteiger partial charge in [0.05, 0.1) is 36.1 Å². The van der Waals surface area contributed by atoms with Crippen LogP contribution in [-0.2, 0) is 14.3 Å². The zero-order chi connectivity index (χ0) is 30.8. The molecule has 1 atom stereocenters. The van der Waals surface area contributed by atoms with Crippen LogP contribution in [0.5, 0.6) is 11.5 Å². The molecular weight excluding hydrogens is 576 g/mol. The quantitative estimate of drug-likeness (QED) is 0.131. The Kier molecular flexibility index (Phi) is 8.32. The van der Waals surface area contributed by atoms with E-state index in [0.717, 1.165) is 27.1 Å². The standard InChI is InChI=1S/C35H32N2O6S/c1-5-42-32-26(15-10-16-28(32)41-4)31-30(34(39)43-18-17-40-3)21(2)36-35-37(31)33(38)29(44-35)20-27-24-13-8-6-11-22(24)19-23-12-7-9-14-25(23)27/h6-16,19-20,31H,5,17-18H2,1-4H3/b29-20+/t31-/m0/s1. The summed E-state index contributed by atoms with van der Waals surface area (Å²) < 4.78 is 24.4. The van der Waals surface area contributed by atoms with E-state index < -0.39 is 12.0 Å². The van der Waals surface area contributed by atoms with Gasteiger partial charge in [0, 0.05) is 12.7 Å². The van der Waals surface area contributed by atoms with Gasteiger partial charge in [-0.3, -0.25) is 9.36 Å². The molecule has 0 aliphatic carbocycles. The predicted octanol–water partition coefficient (Wildman–Crippen LogP) is 5.14. The lowest BCUT2D eigenvalue weighted by atomic mass is 9.94. The van der Waals surface area contributed by atoms with Crippen LogP contribution in [0, 0.1) is 0 Å². The fourth-order valence-electron chi connectivity index (χ4n) is 5.72. The molecule has 0 unspecified atom stereocenters. The van der Waals surface area contributed by atoms with Crippen molar-refractivity contribution in [2.24, 2.45) is 4.99 Å². The van der Waals surface area contributed by atoms with Crippen LogP contribution in [0.25, 0.3) is 27.6 Å². The summed E-state index contributed by atoms with van der Waals surface area (Å²) in [6, 6.07) is 23.0. The third kappa shape index (κ3) is 5.18. The van der Waals surface area contributed by atoms with E-state index in [1.54, 1.807) is 24.7 Å². The highest BCUT2D eigenvalue weighted by Crippen LogP contribution is 2.41. The van der Waals surface area contributed by atoms with Crippen molar-refractivity contribution in [2.75, 3.05) is 34.0 Å². The van der Waals surface area contributed by atoms with E-state index in [1.165, 1.54) is 18.4 Å². The van der Waals surface area contributed by atoms with Gasteiger partial charge in [0.25, 0.3) is 5.56 Å². The van der Waals surface area contributed by atoms with Gasteiger partial charge in [-0.25, -0.2) is 9.79 Å². The number of carbonyl (C=O) groups is 1. The van der Waals surface area contributed by atoms with E-state index in [4.69, 9.17) is 23.9 Å². The summed E-state index contributed by atoms with van der Waals surface area (Å²) >= 11 is 1.29. The molecule has 4 aromatic carbocycles. The first-order chi connectivity index (χ1) is 21.5. The number of rotatable bonds is 9. The summed E-state index contributed by atoms with van der Waals surface area (Å²) in [5.41, 5.74) is 2.00. The van der Waals surface area contributed by atoms with Crippen molar-refractivity contribution in [3.05, 3.63) is 115 Å². The van der Waals surface area contributed by atoms with E-state index in [1.807, 2.05) is 49.4 Å². The van der Waals surface area contributed by atoms with Gasteiger partial charge in [-0.15, -0.1) is 0 Å². The molecule has 0 fully saturated rings. The van der Waals surface area contributed by atoms with Crippen LogP contribution in [0.1, 0.15) is 31.0 Å². The van der Waals surface area contributed by atoms with Crippen molar-refractivity contribution in [3.63, 3.8) is 0 Å². The maximum Gasteiger partial charge on any atom is 0.338 e. The molecule has 44 heavy (non-hydrogen) atoms. The minimum atomic E-state index is -0.857. The van der Waals surface area contributed by atoms with Crippen molar-refractivity contribution in [3.8, 4) is 11.5 Å². The predicted molar refractivity (Wildman–Crippen MR) is 172 cm³/mol. The van der Waals surface area contributed by atoms with Crippen molar-refractivity contribution < 1.29 is 23.7 Å². The molecule has 0 saturated heterocycles. The molecule has 0 N–H and O–H groups in total. The lowest BCUT2D eigenvalue weighted by molar-refractivity contribution is -0.140. The summed E-state index contributed by atoms with van der Waals surface area (Å²) in [6.45, 7) is 4.30. The van der Waals surface area contributed by atoms with E-state index in [0.29, 0.717) is 38.7 Å². The monoisotopic (exact) mass is 608 g/mol. The molecule has 1 aliphatic heterocycles. The molecule has 9 heteroatoms. The number of esters is 1. The van der Waals surface area contributed by atoms with Gasteiger partial charge in [-0.2, -0.15) is 0 Å². The van der Waals surface area contributed by atoms with Crippen LogP contribution in [-0.4, -0.2) is 44.6 Å². The lowest BCUT2D eigenvalue weighted by Crippen LogP contribution is -2.40. The number of hydrogen-bond acceptors (Lipinski definition) is 8. The van der Waals surface area contributed by atoms with Gasteiger partial charge in [0.15, 0.2) is 16.3 Å². The Balaban J connectivity index is 1.63. The van der Waals surface area contributed by atoms with Crippen LogP contribution >= 0.6 is 11.3 Å². The summed E-state index contributed by atoms with van der Waals surface area (Å²) in [5, 5.41) is 4.24. The SMILES string of the molecule is CCOc1c(OC)cccc1[C@H]1C(C(=O)OCCOC)=C(C)N=c2s/c(=C/c3c4ccccc4cc4ccccc34)c(=O)n21. The molecule has 0 saturated carbocycles. The van der Waals surface area contributed by atoms with Crippen LogP contribution in [0.2, 0.25) is 0 Å². The van der Waals surface area contributed by atoms with E-state index in [9.17, 15) is 9.59 Å². The van der Waals surface area contributed by atoms with Gasteiger partial charge in [-0.1, -0.05) is 72.0 Å². The Morgan fingerprint density at radius 3 is 2.34 bits per heavy atom. The number of hydrogen-bond donors (Lipinski definition) is 0. The molecule has 0 radical (unpaired) electrons. The smallest absolute Gasteiger partial charge is 0.338 e.